The Morgan fingerprint density at radius 2 is 1.44 bits per heavy atom. The summed E-state index contributed by atoms with van der Waals surface area (Å²) in [6.45, 7) is 3.66. The summed E-state index contributed by atoms with van der Waals surface area (Å²) >= 11 is 0. The van der Waals surface area contributed by atoms with Gasteiger partial charge >= 0.3 is 0 Å². The summed E-state index contributed by atoms with van der Waals surface area (Å²) in [6.07, 6.45) is 3.72. The number of hydrogen-bond donors (Lipinski definition) is 0. The number of benzene rings is 2. The molecule has 2 rings (SSSR count). The largest absolute Gasteiger partial charge is 0.457 e. The van der Waals surface area contributed by atoms with E-state index in [2.05, 4.69) is 6.92 Å². The lowest BCUT2D eigenvalue weighted by Gasteiger charge is -2.05. The maximum absolute atomic E-state index is 5.67. The summed E-state index contributed by atoms with van der Waals surface area (Å²) < 4.78 is 5.67. The maximum Gasteiger partial charge on any atom is 0.127 e. The second-order valence-corrected chi connectivity index (χ2v) is 3.39. The van der Waals surface area contributed by atoms with Crippen LogP contribution in [-0.4, -0.2) is 0 Å². The van der Waals surface area contributed by atoms with E-state index in [0.29, 0.717) is 0 Å². The first-order valence-corrected chi connectivity index (χ1v) is 5.17. The molecular formula is C15H13O. The molecule has 0 spiro atoms. The molecule has 0 aliphatic rings. The van der Waals surface area contributed by atoms with Crippen LogP contribution in [0.2, 0.25) is 0 Å². The zero-order valence-electron chi connectivity index (χ0n) is 8.97. The van der Waals surface area contributed by atoms with Crippen LogP contribution in [0.15, 0.2) is 60.7 Å². The van der Waals surface area contributed by atoms with Gasteiger partial charge in [-0.2, -0.15) is 0 Å². The van der Waals surface area contributed by atoms with Gasteiger partial charge in [-0.25, -0.2) is 0 Å². The van der Waals surface area contributed by atoms with E-state index in [1.807, 2.05) is 60.7 Å². The highest BCUT2D eigenvalue weighted by atomic mass is 16.5. The summed E-state index contributed by atoms with van der Waals surface area (Å²) in [5.41, 5.74) is 1.12. The molecule has 1 radical (unpaired) electrons. The standard InChI is InChI=1S/C15H13O/c1-2-6-13-9-11-15(12-10-13)16-14-7-4-3-5-8-14/h2-12H,1H2/b6-2+. The molecular weight excluding hydrogens is 196 g/mol. The van der Waals surface area contributed by atoms with Gasteiger partial charge in [0.25, 0.3) is 0 Å². The minimum absolute atomic E-state index is 0.840. The van der Waals surface area contributed by atoms with Crippen molar-refractivity contribution in [1.82, 2.24) is 0 Å². The molecule has 79 valence electrons. The summed E-state index contributed by atoms with van der Waals surface area (Å²) in [5, 5.41) is 0. The SMILES string of the molecule is [CH2]/C=C/c1ccc(Oc2ccccc2)cc1. The molecule has 0 amide bonds. The molecule has 0 fully saturated rings. The Kier molecular flexibility index (Phi) is 3.39. The molecule has 0 saturated carbocycles. The van der Waals surface area contributed by atoms with E-state index in [0.717, 1.165) is 17.1 Å². The van der Waals surface area contributed by atoms with E-state index in [1.165, 1.54) is 0 Å². The van der Waals surface area contributed by atoms with Crippen LogP contribution in [0.5, 0.6) is 11.5 Å². The van der Waals surface area contributed by atoms with Crippen LogP contribution in [0.4, 0.5) is 0 Å². The Bertz CT molecular complexity index is 455. The first-order valence-electron chi connectivity index (χ1n) is 5.17. The van der Waals surface area contributed by atoms with Gasteiger partial charge in [0, 0.05) is 0 Å². The van der Waals surface area contributed by atoms with Crippen molar-refractivity contribution >= 4 is 6.08 Å². The molecule has 0 N–H and O–H groups in total. The van der Waals surface area contributed by atoms with Crippen molar-refractivity contribution in [1.29, 1.82) is 0 Å². The minimum Gasteiger partial charge on any atom is -0.457 e. The van der Waals surface area contributed by atoms with E-state index in [4.69, 9.17) is 4.74 Å². The van der Waals surface area contributed by atoms with E-state index in [1.54, 1.807) is 6.08 Å². The molecule has 0 aliphatic heterocycles. The van der Waals surface area contributed by atoms with Crippen LogP contribution in [0.1, 0.15) is 5.56 Å². The zero-order chi connectivity index (χ0) is 11.2. The molecule has 1 heteroatoms. The van der Waals surface area contributed by atoms with Gasteiger partial charge < -0.3 is 4.74 Å². The quantitative estimate of drug-likeness (QED) is 0.731. The van der Waals surface area contributed by atoms with Crippen molar-refractivity contribution in [2.75, 3.05) is 0 Å². The predicted octanol–water partition coefficient (Wildman–Crippen LogP) is 4.33. The topological polar surface area (TPSA) is 9.23 Å². The van der Waals surface area contributed by atoms with Crippen LogP contribution in [0.25, 0.3) is 6.08 Å². The van der Waals surface area contributed by atoms with Crippen LogP contribution in [0, 0.1) is 6.92 Å². The monoisotopic (exact) mass is 209 g/mol. The van der Waals surface area contributed by atoms with Gasteiger partial charge in [-0.1, -0.05) is 42.5 Å². The number of ether oxygens (including phenoxy) is 1. The van der Waals surface area contributed by atoms with Crippen molar-refractivity contribution in [3.05, 3.63) is 73.2 Å². The normalized spacial score (nSPS) is 10.6. The fraction of sp³-hybridized carbons (Fsp3) is 0. The Balaban J connectivity index is 2.11. The first kappa shape index (κ1) is 10.5. The van der Waals surface area contributed by atoms with Gasteiger partial charge in [-0.05, 0) is 36.8 Å². The van der Waals surface area contributed by atoms with Gasteiger partial charge in [-0.3, -0.25) is 0 Å². The Morgan fingerprint density at radius 3 is 2.06 bits per heavy atom. The number of rotatable bonds is 3. The molecule has 0 aliphatic carbocycles. The molecule has 1 nitrogen and oxygen atoms in total. The molecule has 0 bridgehead atoms. The second-order valence-electron chi connectivity index (χ2n) is 3.39. The van der Waals surface area contributed by atoms with Crippen LogP contribution in [0.3, 0.4) is 0 Å². The molecule has 2 aromatic rings. The smallest absolute Gasteiger partial charge is 0.127 e. The van der Waals surface area contributed by atoms with Crippen LogP contribution in [-0.2, 0) is 0 Å². The zero-order valence-corrected chi connectivity index (χ0v) is 8.97. The minimum atomic E-state index is 0.840. The van der Waals surface area contributed by atoms with Gasteiger partial charge in [0.1, 0.15) is 11.5 Å². The Hall–Kier alpha value is -2.02. The fourth-order valence-corrected chi connectivity index (χ4v) is 1.41. The van der Waals surface area contributed by atoms with E-state index in [-0.39, 0.29) is 0 Å². The summed E-state index contributed by atoms with van der Waals surface area (Å²) in [6, 6.07) is 17.6. The highest BCUT2D eigenvalue weighted by Crippen LogP contribution is 2.21. The number of allylic oxidation sites excluding steroid dienone is 1. The molecule has 0 aromatic heterocycles. The van der Waals surface area contributed by atoms with E-state index >= 15 is 0 Å². The van der Waals surface area contributed by atoms with Crippen molar-refractivity contribution < 1.29 is 4.74 Å². The summed E-state index contributed by atoms with van der Waals surface area (Å²) in [5.74, 6) is 1.69. The molecule has 16 heavy (non-hydrogen) atoms. The molecule has 0 atom stereocenters. The van der Waals surface area contributed by atoms with Gasteiger partial charge in [-0.15, -0.1) is 0 Å². The van der Waals surface area contributed by atoms with Crippen molar-refractivity contribution in [2.24, 2.45) is 0 Å². The van der Waals surface area contributed by atoms with E-state index in [9.17, 15) is 0 Å². The van der Waals surface area contributed by atoms with Crippen molar-refractivity contribution in [2.45, 2.75) is 0 Å². The van der Waals surface area contributed by atoms with Gasteiger partial charge in [0.2, 0.25) is 0 Å². The summed E-state index contributed by atoms with van der Waals surface area (Å²) in [4.78, 5) is 0. The predicted molar refractivity (Wildman–Crippen MR) is 67.3 cm³/mol. The number of para-hydroxylation sites is 1. The lowest BCUT2D eigenvalue weighted by atomic mass is 10.2. The molecule has 0 heterocycles. The Labute approximate surface area is 96.0 Å². The first-order chi connectivity index (χ1) is 7.88. The van der Waals surface area contributed by atoms with Crippen LogP contribution >= 0.6 is 0 Å². The third-order valence-corrected chi connectivity index (χ3v) is 2.17. The van der Waals surface area contributed by atoms with Gasteiger partial charge in [0.15, 0.2) is 0 Å². The maximum atomic E-state index is 5.67. The Morgan fingerprint density at radius 1 is 0.812 bits per heavy atom. The highest BCUT2D eigenvalue weighted by Gasteiger charge is 1.95. The lowest BCUT2D eigenvalue weighted by Crippen LogP contribution is -1.83. The fourth-order valence-electron chi connectivity index (χ4n) is 1.41. The third-order valence-electron chi connectivity index (χ3n) is 2.17. The van der Waals surface area contributed by atoms with Gasteiger partial charge in [0.05, 0.1) is 0 Å². The summed E-state index contributed by atoms with van der Waals surface area (Å²) in [7, 11) is 0. The average Bonchev–Trinajstić information content (AvgIpc) is 2.33. The second kappa shape index (κ2) is 5.17. The van der Waals surface area contributed by atoms with Crippen molar-refractivity contribution in [3.63, 3.8) is 0 Å². The molecule has 0 saturated heterocycles. The lowest BCUT2D eigenvalue weighted by molar-refractivity contribution is 0.482. The third kappa shape index (κ3) is 2.74. The number of hydrogen-bond acceptors (Lipinski definition) is 1. The van der Waals surface area contributed by atoms with Crippen LogP contribution < -0.4 is 4.74 Å². The molecule has 2 aromatic carbocycles. The average molecular weight is 209 g/mol. The van der Waals surface area contributed by atoms with E-state index < -0.39 is 0 Å². The van der Waals surface area contributed by atoms with Crippen molar-refractivity contribution in [3.8, 4) is 11.5 Å². The highest BCUT2D eigenvalue weighted by molar-refractivity contribution is 5.51. The molecule has 0 unspecified atom stereocenters.